The van der Waals surface area contributed by atoms with Gasteiger partial charge >= 0.3 is 5.69 Å². The first-order valence-electron chi connectivity index (χ1n) is 21.4. The molecule has 0 aliphatic carbocycles. The molecule has 5 aromatic rings. The van der Waals surface area contributed by atoms with Crippen molar-refractivity contribution in [3.63, 3.8) is 0 Å². The summed E-state index contributed by atoms with van der Waals surface area (Å²) in [6, 6.07) is 36.2. The second-order valence-corrected chi connectivity index (χ2v) is 18.0. The van der Waals surface area contributed by atoms with Crippen LogP contribution in [0.3, 0.4) is 0 Å². The number of carbonyl (C=O) groups is 1. The van der Waals surface area contributed by atoms with E-state index >= 15 is 0 Å². The molecule has 0 spiro atoms. The lowest BCUT2D eigenvalue weighted by Crippen LogP contribution is -2.51. The van der Waals surface area contributed by atoms with Crippen LogP contribution in [0.5, 0.6) is 11.5 Å². The summed E-state index contributed by atoms with van der Waals surface area (Å²) in [6.45, 7) is 10.7. The molecule has 1 amide bonds. The summed E-state index contributed by atoms with van der Waals surface area (Å²) in [5, 5.41) is 12.3. The number of carbonyl (C=O) groups excluding carboxylic acids is 1. The van der Waals surface area contributed by atoms with Gasteiger partial charge in [-0.1, -0.05) is 72.8 Å². The lowest BCUT2D eigenvalue weighted by molar-refractivity contribution is -0.175. The molecular formula is C49H57N6O8P. The van der Waals surface area contributed by atoms with E-state index in [4.69, 9.17) is 28.0 Å². The van der Waals surface area contributed by atoms with Gasteiger partial charge in [-0.15, -0.1) is 0 Å². The van der Waals surface area contributed by atoms with Gasteiger partial charge in [-0.2, -0.15) is 10.2 Å². The molecule has 2 bridgehead atoms. The number of rotatable bonds is 19. The summed E-state index contributed by atoms with van der Waals surface area (Å²) in [6.07, 6.45) is 0.260. The minimum Gasteiger partial charge on any atom is -0.497 e. The number of ether oxygens (including phenoxy) is 4. The number of likely N-dealkylation sites (N-methyl/N-ethyl adjacent to an activating group) is 1. The SMILES string of the molecule is COc1ccc(C(OC[C@@]23CN(C)[C@@H]([C@H](n4cc(C)c(NC(=O)c5ccccc5)nc4=O)O2)[C@@H]3OP(OCCC#N)N(C(C)C)C(C)C)(c2ccccc2)c2ccc(OC)cc2)cc1. The van der Waals surface area contributed by atoms with Crippen molar-refractivity contribution in [3.05, 3.63) is 154 Å². The standard InChI is InChI=1S/C49H57N6O8P/c1-33(2)55(34(3)4)64(61-29-15-28-50)63-43-42-46(54-30-35(5)44(52-47(54)57)51-45(56)36-16-11-9-12-17-36)62-48(43,31-53(42)6)32-60-49(37-18-13-10-14-19-37,38-20-24-40(58-7)25-21-38)39-22-26-41(59-8)27-23-39/h9-14,16-27,30,33-34,42-43,46H,15,29,31-32H2,1-8H3,(H,51,52,56,57)/t42-,43+,46-,48-,64?/m1/s1. The summed E-state index contributed by atoms with van der Waals surface area (Å²) in [5.74, 6) is 1.16. The van der Waals surface area contributed by atoms with Gasteiger partial charge in [0.25, 0.3) is 14.4 Å². The molecule has 15 heteroatoms. The molecule has 64 heavy (non-hydrogen) atoms. The van der Waals surface area contributed by atoms with Crippen LogP contribution in [0.2, 0.25) is 0 Å². The van der Waals surface area contributed by atoms with Gasteiger partial charge in [-0.25, -0.2) is 9.46 Å². The van der Waals surface area contributed by atoms with Crippen molar-refractivity contribution in [3.8, 4) is 17.6 Å². The minimum atomic E-state index is -1.77. The van der Waals surface area contributed by atoms with Crippen LogP contribution in [-0.2, 0) is 24.1 Å². The number of anilines is 1. The number of methoxy groups -OCH3 is 2. The smallest absolute Gasteiger partial charge is 0.351 e. The minimum absolute atomic E-state index is 0.000929. The molecule has 7 rings (SSSR count). The number of hydrogen-bond donors (Lipinski definition) is 1. The number of benzene rings is 4. The van der Waals surface area contributed by atoms with Crippen molar-refractivity contribution in [2.24, 2.45) is 0 Å². The van der Waals surface area contributed by atoms with Gasteiger partial charge < -0.3 is 33.3 Å². The highest BCUT2D eigenvalue weighted by molar-refractivity contribution is 7.44. The largest absolute Gasteiger partial charge is 0.497 e. The molecule has 2 fully saturated rings. The average Bonchev–Trinajstić information content (AvgIpc) is 3.75. The van der Waals surface area contributed by atoms with Crippen molar-refractivity contribution in [2.45, 2.75) is 82.7 Å². The van der Waals surface area contributed by atoms with Crippen LogP contribution in [0.4, 0.5) is 5.82 Å². The fourth-order valence-electron chi connectivity index (χ4n) is 8.82. The highest BCUT2D eigenvalue weighted by Crippen LogP contribution is 2.56. The zero-order valence-electron chi connectivity index (χ0n) is 37.6. The molecule has 4 aromatic carbocycles. The lowest BCUT2D eigenvalue weighted by Gasteiger charge is -2.42. The Morgan fingerprint density at radius 2 is 1.48 bits per heavy atom. The normalized spacial score (nSPS) is 20.1. The number of aryl methyl sites for hydroxylation is 1. The van der Waals surface area contributed by atoms with E-state index in [0.29, 0.717) is 29.2 Å². The number of aromatic nitrogens is 2. The number of likely N-dealkylation sites (tertiary alicyclic amines) is 1. The van der Waals surface area contributed by atoms with Crippen LogP contribution in [0, 0.1) is 18.3 Å². The van der Waals surface area contributed by atoms with Crippen molar-refractivity contribution >= 4 is 20.3 Å². The Kier molecular flexibility index (Phi) is 14.6. The first-order chi connectivity index (χ1) is 30.8. The van der Waals surface area contributed by atoms with Crippen molar-refractivity contribution in [2.75, 3.05) is 46.3 Å². The van der Waals surface area contributed by atoms with Gasteiger partial charge in [-0.05, 0) is 94.8 Å². The fourth-order valence-corrected chi connectivity index (χ4v) is 10.6. The van der Waals surface area contributed by atoms with E-state index < -0.39 is 43.8 Å². The molecule has 3 heterocycles. The summed E-state index contributed by atoms with van der Waals surface area (Å²) < 4.78 is 43.4. The molecule has 14 nitrogen and oxygen atoms in total. The van der Waals surface area contributed by atoms with Crippen molar-refractivity contribution in [1.29, 1.82) is 5.26 Å². The van der Waals surface area contributed by atoms with Gasteiger partial charge in [0.05, 0.1) is 46.0 Å². The summed E-state index contributed by atoms with van der Waals surface area (Å²) in [4.78, 5) is 33.9. The molecule has 2 saturated heterocycles. The molecule has 336 valence electrons. The highest BCUT2D eigenvalue weighted by Gasteiger charge is 2.66. The van der Waals surface area contributed by atoms with Gasteiger partial charge in [0.2, 0.25) is 0 Å². The van der Waals surface area contributed by atoms with E-state index in [0.717, 1.165) is 16.7 Å². The Balaban J connectivity index is 1.35. The van der Waals surface area contributed by atoms with Crippen LogP contribution in [0.15, 0.2) is 120 Å². The Hall–Kier alpha value is -5.49. The summed E-state index contributed by atoms with van der Waals surface area (Å²) >= 11 is 0. The quantitative estimate of drug-likeness (QED) is 0.0486. The Morgan fingerprint density at radius 1 is 0.922 bits per heavy atom. The summed E-state index contributed by atoms with van der Waals surface area (Å²) in [7, 11) is 3.48. The molecular weight excluding hydrogens is 832 g/mol. The van der Waals surface area contributed by atoms with Crippen molar-refractivity contribution in [1.82, 2.24) is 19.1 Å². The van der Waals surface area contributed by atoms with Gasteiger partial charge in [0.15, 0.2) is 6.23 Å². The number of fused-ring (bicyclic) bond motifs is 2. The second-order valence-electron chi connectivity index (χ2n) is 16.6. The van der Waals surface area contributed by atoms with E-state index in [1.165, 1.54) is 4.57 Å². The zero-order valence-corrected chi connectivity index (χ0v) is 38.5. The first kappa shape index (κ1) is 46.5. The predicted octanol–water partition coefficient (Wildman–Crippen LogP) is 8.07. The van der Waals surface area contributed by atoms with Crippen LogP contribution in [0.25, 0.3) is 0 Å². The molecule has 0 saturated carbocycles. The summed E-state index contributed by atoms with van der Waals surface area (Å²) in [5.41, 5.74) is 0.568. The maximum Gasteiger partial charge on any atom is 0.351 e. The Bertz CT molecular complexity index is 2390. The van der Waals surface area contributed by atoms with E-state index in [1.54, 1.807) is 51.6 Å². The molecule has 1 unspecified atom stereocenters. The Morgan fingerprint density at radius 3 is 2.03 bits per heavy atom. The van der Waals surface area contributed by atoms with Crippen LogP contribution in [-0.4, -0.2) is 95.9 Å². The monoisotopic (exact) mass is 888 g/mol. The van der Waals surface area contributed by atoms with Gasteiger partial charge in [0.1, 0.15) is 34.6 Å². The van der Waals surface area contributed by atoms with E-state index in [9.17, 15) is 14.9 Å². The first-order valence-corrected chi connectivity index (χ1v) is 22.6. The van der Waals surface area contributed by atoms with Crippen molar-refractivity contribution < 1.29 is 32.8 Å². The molecule has 1 aromatic heterocycles. The van der Waals surface area contributed by atoms with E-state index in [2.05, 4.69) is 53.6 Å². The van der Waals surface area contributed by atoms with Crippen LogP contribution >= 0.6 is 8.53 Å². The average molecular weight is 889 g/mol. The topological polar surface area (TPSA) is 150 Å². The highest BCUT2D eigenvalue weighted by atomic mass is 31.2. The van der Waals surface area contributed by atoms with Crippen LogP contribution < -0.4 is 20.5 Å². The number of amides is 1. The predicted molar refractivity (Wildman–Crippen MR) is 245 cm³/mol. The molecule has 1 N–H and O–H groups in total. The van der Waals surface area contributed by atoms with Crippen LogP contribution in [0.1, 0.15) is 73.0 Å². The third kappa shape index (κ3) is 9.34. The molecule has 0 radical (unpaired) electrons. The van der Waals surface area contributed by atoms with E-state index in [-0.39, 0.29) is 43.4 Å². The molecule has 2 aliphatic heterocycles. The fraction of sp³-hybridized carbons (Fsp3) is 0.388. The number of nitrogens with zero attached hydrogens (tertiary/aromatic N) is 5. The maximum atomic E-state index is 14.2. The number of morpholine rings is 1. The number of nitrogens with one attached hydrogen (secondary N) is 1. The zero-order chi connectivity index (χ0) is 45.6. The number of nitriles is 1. The second kappa shape index (κ2) is 20.1. The lowest BCUT2D eigenvalue weighted by atomic mass is 9.79. The Labute approximate surface area is 376 Å². The third-order valence-electron chi connectivity index (χ3n) is 11.8. The van der Waals surface area contributed by atoms with Gasteiger partial charge in [-0.3, -0.25) is 14.3 Å². The maximum absolute atomic E-state index is 14.2. The third-order valence-corrected chi connectivity index (χ3v) is 13.9. The number of hydrogen-bond acceptors (Lipinski definition) is 12. The molecule has 2 aliphatic rings. The van der Waals surface area contributed by atoms with E-state index in [1.807, 2.05) is 92.0 Å². The molecule has 5 atom stereocenters. The van der Waals surface area contributed by atoms with Gasteiger partial charge in [0, 0.05) is 36.0 Å².